The van der Waals surface area contributed by atoms with Crippen molar-refractivity contribution in [3.63, 3.8) is 0 Å². The van der Waals surface area contributed by atoms with Crippen molar-refractivity contribution in [1.29, 1.82) is 0 Å². The summed E-state index contributed by atoms with van der Waals surface area (Å²) in [7, 11) is 1.80. The average Bonchev–Trinajstić information content (AvgIpc) is 3.09. The summed E-state index contributed by atoms with van der Waals surface area (Å²) >= 11 is 0. The summed E-state index contributed by atoms with van der Waals surface area (Å²) in [5.41, 5.74) is 2.20. The van der Waals surface area contributed by atoms with Crippen LogP contribution in [0.15, 0.2) is 41.9 Å². The molecule has 0 saturated heterocycles. The molecule has 0 radical (unpaired) electrons. The zero-order chi connectivity index (χ0) is 16.5. The quantitative estimate of drug-likeness (QED) is 0.468. The van der Waals surface area contributed by atoms with Crippen molar-refractivity contribution in [2.75, 3.05) is 13.6 Å². The van der Waals surface area contributed by atoms with Crippen molar-refractivity contribution < 1.29 is 0 Å². The maximum absolute atomic E-state index is 4.25. The normalized spacial score (nSPS) is 11.7. The van der Waals surface area contributed by atoms with E-state index in [1.54, 1.807) is 18.1 Å². The summed E-state index contributed by atoms with van der Waals surface area (Å²) in [5, 5.41) is 10.8. The first-order valence-corrected chi connectivity index (χ1v) is 8.07. The third-order valence-corrected chi connectivity index (χ3v) is 3.55. The lowest BCUT2D eigenvalue weighted by atomic mass is 10.1. The van der Waals surface area contributed by atoms with Gasteiger partial charge in [0.25, 0.3) is 0 Å². The number of guanidine groups is 1. The number of aliphatic imine (C=N–C) groups is 1. The van der Waals surface area contributed by atoms with Crippen molar-refractivity contribution in [2.45, 2.75) is 33.2 Å². The van der Waals surface area contributed by atoms with Crippen LogP contribution in [0.2, 0.25) is 0 Å². The fourth-order valence-corrected chi connectivity index (χ4v) is 2.23. The third kappa shape index (κ3) is 5.73. The number of nitrogens with zero attached hydrogens (tertiary/aromatic N) is 4. The van der Waals surface area contributed by atoms with E-state index < -0.39 is 0 Å². The highest BCUT2D eigenvalue weighted by molar-refractivity contribution is 5.79. The van der Waals surface area contributed by atoms with E-state index in [0.717, 1.165) is 37.1 Å². The molecule has 0 aliphatic heterocycles. The minimum atomic E-state index is 0.738. The molecule has 0 saturated carbocycles. The monoisotopic (exact) mass is 314 g/mol. The number of rotatable bonds is 7. The van der Waals surface area contributed by atoms with E-state index in [9.17, 15) is 0 Å². The van der Waals surface area contributed by atoms with Gasteiger partial charge in [0.15, 0.2) is 5.96 Å². The zero-order valence-electron chi connectivity index (χ0n) is 14.2. The van der Waals surface area contributed by atoms with Crippen LogP contribution in [0.1, 0.15) is 32.3 Å². The molecule has 0 unspecified atom stereocenters. The Hall–Kier alpha value is -2.37. The van der Waals surface area contributed by atoms with Crippen LogP contribution in [0.5, 0.6) is 0 Å². The molecule has 1 heterocycles. The topological polar surface area (TPSA) is 67.1 Å². The lowest BCUT2D eigenvalue weighted by Gasteiger charge is -2.12. The second kappa shape index (κ2) is 8.92. The Labute approximate surface area is 138 Å². The number of hydrogen-bond donors (Lipinski definition) is 2. The van der Waals surface area contributed by atoms with Gasteiger partial charge in [0.1, 0.15) is 12.7 Å². The molecule has 0 bridgehead atoms. The third-order valence-electron chi connectivity index (χ3n) is 3.55. The van der Waals surface area contributed by atoms with Crippen LogP contribution < -0.4 is 10.6 Å². The SMILES string of the molecule is CN=C(NCCCC(C)C)NCc1ccc(-n2cncn2)cc1. The van der Waals surface area contributed by atoms with Crippen LogP contribution in [0.3, 0.4) is 0 Å². The maximum atomic E-state index is 4.25. The van der Waals surface area contributed by atoms with Gasteiger partial charge in [-0.2, -0.15) is 5.10 Å². The summed E-state index contributed by atoms with van der Waals surface area (Å²) in [6.45, 7) is 6.18. The Morgan fingerprint density at radius 1 is 1.22 bits per heavy atom. The summed E-state index contributed by atoms with van der Waals surface area (Å²) in [4.78, 5) is 8.20. The van der Waals surface area contributed by atoms with Gasteiger partial charge >= 0.3 is 0 Å². The van der Waals surface area contributed by atoms with Gasteiger partial charge in [-0.05, 0) is 36.5 Å². The Morgan fingerprint density at radius 3 is 2.61 bits per heavy atom. The van der Waals surface area contributed by atoms with Crippen LogP contribution >= 0.6 is 0 Å². The van der Waals surface area contributed by atoms with Crippen LogP contribution in [0, 0.1) is 5.92 Å². The van der Waals surface area contributed by atoms with Crippen molar-refractivity contribution in [3.05, 3.63) is 42.5 Å². The second-order valence-corrected chi connectivity index (χ2v) is 5.90. The molecule has 0 atom stereocenters. The van der Waals surface area contributed by atoms with Gasteiger partial charge in [-0.25, -0.2) is 9.67 Å². The standard InChI is InChI=1S/C17H26N6/c1-14(2)5-4-10-20-17(18-3)21-11-15-6-8-16(9-7-15)23-13-19-12-22-23/h6-9,12-14H,4-5,10-11H2,1-3H3,(H2,18,20,21). The first-order valence-electron chi connectivity index (χ1n) is 8.07. The number of aromatic nitrogens is 3. The lowest BCUT2D eigenvalue weighted by Crippen LogP contribution is -2.37. The van der Waals surface area contributed by atoms with Gasteiger partial charge in [-0.1, -0.05) is 26.0 Å². The Morgan fingerprint density at radius 2 is 2.00 bits per heavy atom. The molecule has 6 heteroatoms. The molecule has 124 valence electrons. The average molecular weight is 314 g/mol. The number of hydrogen-bond acceptors (Lipinski definition) is 3. The molecule has 1 aromatic heterocycles. The first-order chi connectivity index (χ1) is 11.2. The highest BCUT2D eigenvalue weighted by atomic mass is 15.3. The molecule has 1 aromatic carbocycles. The van der Waals surface area contributed by atoms with Crippen molar-refractivity contribution >= 4 is 5.96 Å². The van der Waals surface area contributed by atoms with Gasteiger partial charge in [-0.3, -0.25) is 4.99 Å². The molecule has 23 heavy (non-hydrogen) atoms. The summed E-state index contributed by atoms with van der Waals surface area (Å²) < 4.78 is 1.74. The van der Waals surface area contributed by atoms with Gasteiger partial charge in [0.2, 0.25) is 0 Å². The van der Waals surface area contributed by atoms with E-state index in [2.05, 4.69) is 51.7 Å². The van der Waals surface area contributed by atoms with Crippen LogP contribution in [-0.2, 0) is 6.54 Å². The predicted molar refractivity (Wildman–Crippen MR) is 93.6 cm³/mol. The zero-order valence-corrected chi connectivity index (χ0v) is 14.2. The minimum Gasteiger partial charge on any atom is -0.356 e. The molecule has 0 fully saturated rings. The molecule has 2 rings (SSSR count). The van der Waals surface area contributed by atoms with Crippen molar-refractivity contribution in [2.24, 2.45) is 10.9 Å². The molecular formula is C17H26N6. The van der Waals surface area contributed by atoms with E-state index in [1.807, 2.05) is 12.1 Å². The lowest BCUT2D eigenvalue weighted by molar-refractivity contribution is 0.549. The van der Waals surface area contributed by atoms with Crippen LogP contribution in [0.4, 0.5) is 0 Å². The largest absolute Gasteiger partial charge is 0.356 e. The number of benzene rings is 1. The minimum absolute atomic E-state index is 0.738. The van der Waals surface area contributed by atoms with Crippen LogP contribution in [-0.4, -0.2) is 34.3 Å². The fourth-order valence-electron chi connectivity index (χ4n) is 2.23. The molecule has 0 aliphatic rings. The Balaban J connectivity index is 1.78. The summed E-state index contributed by atoms with van der Waals surface area (Å²) in [5.74, 6) is 1.59. The van der Waals surface area contributed by atoms with Gasteiger partial charge in [0.05, 0.1) is 5.69 Å². The van der Waals surface area contributed by atoms with Crippen molar-refractivity contribution in [1.82, 2.24) is 25.4 Å². The predicted octanol–water partition coefficient (Wildman–Crippen LogP) is 2.37. The summed E-state index contributed by atoms with van der Waals surface area (Å²) in [6.07, 6.45) is 5.61. The van der Waals surface area contributed by atoms with E-state index in [1.165, 1.54) is 18.3 Å². The highest BCUT2D eigenvalue weighted by Crippen LogP contribution is 2.07. The van der Waals surface area contributed by atoms with Gasteiger partial charge in [-0.15, -0.1) is 0 Å². The van der Waals surface area contributed by atoms with E-state index >= 15 is 0 Å². The van der Waals surface area contributed by atoms with E-state index in [-0.39, 0.29) is 0 Å². The number of nitrogens with one attached hydrogen (secondary N) is 2. The van der Waals surface area contributed by atoms with Gasteiger partial charge in [0, 0.05) is 20.1 Å². The highest BCUT2D eigenvalue weighted by Gasteiger charge is 2.01. The molecule has 2 N–H and O–H groups in total. The summed E-state index contributed by atoms with van der Waals surface area (Å²) in [6, 6.07) is 8.22. The Kier molecular flexibility index (Phi) is 6.59. The molecule has 0 aliphatic carbocycles. The second-order valence-electron chi connectivity index (χ2n) is 5.90. The van der Waals surface area contributed by atoms with Crippen LogP contribution in [0.25, 0.3) is 5.69 Å². The van der Waals surface area contributed by atoms with E-state index in [4.69, 9.17) is 0 Å². The molecule has 2 aromatic rings. The fraction of sp³-hybridized carbons (Fsp3) is 0.471. The van der Waals surface area contributed by atoms with Gasteiger partial charge < -0.3 is 10.6 Å². The molecular weight excluding hydrogens is 288 g/mol. The van der Waals surface area contributed by atoms with Crippen molar-refractivity contribution in [3.8, 4) is 5.69 Å². The van der Waals surface area contributed by atoms with E-state index in [0.29, 0.717) is 0 Å². The smallest absolute Gasteiger partial charge is 0.191 e. The maximum Gasteiger partial charge on any atom is 0.191 e. The Bertz CT molecular complexity index is 586. The first kappa shape index (κ1) is 17.0. The molecule has 0 spiro atoms. The molecule has 6 nitrogen and oxygen atoms in total. The molecule has 0 amide bonds.